The topological polar surface area (TPSA) is 65.2 Å². The van der Waals surface area contributed by atoms with E-state index in [1.165, 1.54) is 12.1 Å². The summed E-state index contributed by atoms with van der Waals surface area (Å²) in [5.74, 6) is 0.251. The summed E-state index contributed by atoms with van der Waals surface area (Å²) in [4.78, 5) is 8.34. The highest BCUT2D eigenvalue weighted by molar-refractivity contribution is 6.31. The zero-order valence-corrected chi connectivity index (χ0v) is 13.1. The summed E-state index contributed by atoms with van der Waals surface area (Å²) in [5.41, 5.74) is 1.12. The molecular formula is C16H14Cl2N2O2. The molecule has 0 radical (unpaired) electrons. The van der Waals surface area contributed by atoms with Crippen LogP contribution in [0.15, 0.2) is 46.4 Å². The molecule has 0 aliphatic heterocycles. The average Bonchev–Trinajstić information content (AvgIpc) is 2.49. The molecule has 0 aliphatic carbocycles. The minimum absolute atomic E-state index is 0.125. The van der Waals surface area contributed by atoms with Gasteiger partial charge in [-0.05, 0) is 36.4 Å². The highest BCUT2D eigenvalue weighted by Crippen LogP contribution is 2.20. The normalized spacial score (nSPS) is 11.5. The Morgan fingerprint density at radius 2 is 1.18 bits per heavy atom. The molecule has 4 nitrogen and oxygen atoms in total. The Kier molecular flexibility index (Phi) is 5.81. The van der Waals surface area contributed by atoms with Crippen molar-refractivity contribution in [3.63, 3.8) is 0 Å². The van der Waals surface area contributed by atoms with Gasteiger partial charge in [0.15, 0.2) is 0 Å². The second-order valence-corrected chi connectivity index (χ2v) is 5.35. The van der Waals surface area contributed by atoms with Gasteiger partial charge in [-0.15, -0.1) is 0 Å². The molecule has 114 valence electrons. The van der Waals surface area contributed by atoms with Crippen molar-refractivity contribution >= 4 is 35.6 Å². The summed E-state index contributed by atoms with van der Waals surface area (Å²) in [6.07, 6.45) is 3.10. The second-order valence-electron chi connectivity index (χ2n) is 4.48. The predicted molar refractivity (Wildman–Crippen MR) is 91.2 cm³/mol. The van der Waals surface area contributed by atoms with Gasteiger partial charge in [-0.25, -0.2) is 0 Å². The lowest BCUT2D eigenvalue weighted by molar-refractivity contribution is 0.474. The van der Waals surface area contributed by atoms with Gasteiger partial charge in [0.25, 0.3) is 0 Å². The SMILES string of the molecule is Oc1ccc(Cl)cc1/C=N/CC/N=C/c1cc(Cl)ccc1O. The van der Waals surface area contributed by atoms with Crippen LogP contribution in [0.25, 0.3) is 0 Å². The first-order valence-electron chi connectivity index (χ1n) is 6.53. The van der Waals surface area contributed by atoms with Crippen molar-refractivity contribution in [1.29, 1.82) is 0 Å². The first-order chi connectivity index (χ1) is 10.6. The molecule has 22 heavy (non-hydrogen) atoms. The van der Waals surface area contributed by atoms with Gasteiger partial charge in [-0.2, -0.15) is 0 Å². The van der Waals surface area contributed by atoms with Crippen molar-refractivity contribution < 1.29 is 10.2 Å². The van der Waals surface area contributed by atoms with Crippen LogP contribution in [-0.2, 0) is 0 Å². The van der Waals surface area contributed by atoms with E-state index in [2.05, 4.69) is 9.98 Å². The van der Waals surface area contributed by atoms with Crippen LogP contribution < -0.4 is 0 Å². The zero-order valence-electron chi connectivity index (χ0n) is 11.6. The average molecular weight is 337 g/mol. The maximum Gasteiger partial charge on any atom is 0.124 e. The summed E-state index contributed by atoms with van der Waals surface area (Å²) < 4.78 is 0. The van der Waals surface area contributed by atoms with E-state index >= 15 is 0 Å². The molecule has 0 saturated carbocycles. The lowest BCUT2D eigenvalue weighted by atomic mass is 10.2. The number of nitrogens with zero attached hydrogens (tertiary/aromatic N) is 2. The van der Waals surface area contributed by atoms with Gasteiger partial charge in [-0.1, -0.05) is 23.2 Å². The number of hydrogen-bond acceptors (Lipinski definition) is 4. The number of benzene rings is 2. The molecule has 6 heteroatoms. The molecule has 0 atom stereocenters. The van der Waals surface area contributed by atoms with Gasteiger partial charge in [0.1, 0.15) is 11.5 Å². The molecule has 0 bridgehead atoms. The number of aromatic hydroxyl groups is 2. The Morgan fingerprint density at radius 1 is 0.773 bits per heavy atom. The molecule has 2 rings (SSSR count). The van der Waals surface area contributed by atoms with Crippen molar-refractivity contribution in [3.8, 4) is 11.5 Å². The van der Waals surface area contributed by atoms with Crippen molar-refractivity contribution in [1.82, 2.24) is 0 Å². The van der Waals surface area contributed by atoms with Gasteiger partial charge in [0.05, 0.1) is 13.1 Å². The molecule has 2 aromatic rings. The van der Waals surface area contributed by atoms with E-state index in [-0.39, 0.29) is 11.5 Å². The molecule has 0 unspecified atom stereocenters. The summed E-state index contributed by atoms with van der Waals surface area (Å²) in [7, 11) is 0. The molecular weight excluding hydrogens is 323 g/mol. The number of halogens is 2. The Labute approximate surface area is 138 Å². The van der Waals surface area contributed by atoms with E-state index in [0.29, 0.717) is 34.3 Å². The van der Waals surface area contributed by atoms with E-state index < -0.39 is 0 Å². The maximum atomic E-state index is 9.62. The third kappa shape index (κ3) is 4.76. The first-order valence-corrected chi connectivity index (χ1v) is 7.28. The lowest BCUT2D eigenvalue weighted by Crippen LogP contribution is -1.91. The third-order valence-electron chi connectivity index (χ3n) is 2.80. The number of rotatable bonds is 5. The fraction of sp³-hybridized carbons (Fsp3) is 0.125. The fourth-order valence-corrected chi connectivity index (χ4v) is 2.06. The molecule has 0 aliphatic rings. The van der Waals surface area contributed by atoms with Crippen LogP contribution in [0.1, 0.15) is 11.1 Å². The number of phenolic OH excluding ortho intramolecular Hbond substituents is 2. The third-order valence-corrected chi connectivity index (χ3v) is 3.27. The van der Waals surface area contributed by atoms with Crippen LogP contribution >= 0.6 is 23.2 Å². The monoisotopic (exact) mass is 336 g/mol. The van der Waals surface area contributed by atoms with Crippen LogP contribution in [-0.4, -0.2) is 35.7 Å². The van der Waals surface area contributed by atoms with Crippen molar-refractivity contribution in [2.24, 2.45) is 9.98 Å². The number of phenols is 2. The van der Waals surface area contributed by atoms with Crippen LogP contribution in [0.4, 0.5) is 0 Å². The van der Waals surface area contributed by atoms with Gasteiger partial charge in [0, 0.05) is 33.6 Å². The molecule has 2 N–H and O–H groups in total. The largest absolute Gasteiger partial charge is 0.507 e. The Bertz CT molecular complexity index is 654. The van der Waals surface area contributed by atoms with E-state index in [1.807, 2.05) is 0 Å². The zero-order chi connectivity index (χ0) is 15.9. The van der Waals surface area contributed by atoms with E-state index in [4.69, 9.17) is 23.2 Å². The lowest BCUT2D eigenvalue weighted by Gasteiger charge is -1.99. The fourth-order valence-electron chi connectivity index (χ4n) is 1.70. The Hall–Kier alpha value is -2.04. The van der Waals surface area contributed by atoms with Gasteiger partial charge in [0.2, 0.25) is 0 Å². The highest BCUT2D eigenvalue weighted by Gasteiger charge is 1.99. The quantitative estimate of drug-likeness (QED) is 0.641. The van der Waals surface area contributed by atoms with Gasteiger partial charge in [-0.3, -0.25) is 9.98 Å². The summed E-state index contributed by atoms with van der Waals surface area (Å²) >= 11 is 11.7. The van der Waals surface area contributed by atoms with E-state index in [0.717, 1.165) is 0 Å². The van der Waals surface area contributed by atoms with Crippen LogP contribution in [0.2, 0.25) is 10.0 Å². The second kappa shape index (κ2) is 7.82. The highest BCUT2D eigenvalue weighted by atomic mass is 35.5. The van der Waals surface area contributed by atoms with Crippen molar-refractivity contribution in [2.75, 3.05) is 13.1 Å². The minimum atomic E-state index is 0.125. The number of hydrogen-bond donors (Lipinski definition) is 2. The van der Waals surface area contributed by atoms with Gasteiger partial charge >= 0.3 is 0 Å². The first kappa shape index (κ1) is 16.3. The molecule has 0 saturated heterocycles. The van der Waals surface area contributed by atoms with Crippen LogP contribution in [0.3, 0.4) is 0 Å². The van der Waals surface area contributed by atoms with Gasteiger partial charge < -0.3 is 10.2 Å². The van der Waals surface area contributed by atoms with E-state index in [1.54, 1.807) is 36.7 Å². The predicted octanol–water partition coefficient (Wildman–Crippen LogP) is 3.94. The summed E-state index contributed by atoms with van der Waals surface area (Å²) in [5, 5.41) is 20.3. The molecule has 0 fully saturated rings. The van der Waals surface area contributed by atoms with Crippen LogP contribution in [0, 0.1) is 0 Å². The molecule has 0 aromatic heterocycles. The number of aliphatic imine (C=N–C) groups is 2. The minimum Gasteiger partial charge on any atom is -0.507 e. The summed E-state index contributed by atoms with van der Waals surface area (Å²) in [6.45, 7) is 0.896. The molecule has 0 spiro atoms. The van der Waals surface area contributed by atoms with E-state index in [9.17, 15) is 10.2 Å². The standard InChI is InChI=1S/C16H14Cl2N2O2/c17-13-1-3-15(21)11(7-13)9-19-5-6-20-10-12-8-14(18)2-4-16(12)22/h1-4,7-10,21-22H,5-6H2/b19-9+,20-10+. The molecule has 0 amide bonds. The van der Waals surface area contributed by atoms with Crippen molar-refractivity contribution in [3.05, 3.63) is 57.6 Å². The van der Waals surface area contributed by atoms with Crippen molar-refractivity contribution in [2.45, 2.75) is 0 Å². The Balaban J connectivity index is 1.89. The Morgan fingerprint density at radius 3 is 1.59 bits per heavy atom. The smallest absolute Gasteiger partial charge is 0.124 e. The summed E-state index contributed by atoms with van der Waals surface area (Å²) in [6, 6.07) is 9.51. The maximum absolute atomic E-state index is 9.62. The van der Waals surface area contributed by atoms with Crippen LogP contribution in [0.5, 0.6) is 11.5 Å². The molecule has 0 heterocycles. The molecule has 2 aromatic carbocycles.